The molecule has 1 aromatic carbocycles. The first-order valence-corrected chi connectivity index (χ1v) is 9.92. The van der Waals surface area contributed by atoms with Gasteiger partial charge in [0.05, 0.1) is 17.8 Å². The van der Waals surface area contributed by atoms with Crippen molar-refractivity contribution in [3.8, 4) is 11.3 Å². The lowest BCUT2D eigenvalue weighted by Gasteiger charge is -2.19. The second kappa shape index (κ2) is 8.62. The number of nitrogens with two attached hydrogens (primary N) is 1. The van der Waals surface area contributed by atoms with Crippen LogP contribution in [0, 0.1) is 0 Å². The second-order valence-corrected chi connectivity index (χ2v) is 8.33. The SMILES string of the molecule is CC(C)(C)OC(=O)CCC(=O)Nc1ccc2nc(-c3ccc(C(N)=S)cc3)cn2c1. The van der Waals surface area contributed by atoms with Gasteiger partial charge in [-0.25, -0.2) is 4.98 Å². The third-order valence-corrected chi connectivity index (χ3v) is 4.41. The Morgan fingerprint density at radius 2 is 1.80 bits per heavy atom. The van der Waals surface area contributed by atoms with E-state index in [9.17, 15) is 9.59 Å². The molecule has 0 unspecified atom stereocenters. The second-order valence-electron chi connectivity index (χ2n) is 7.89. The van der Waals surface area contributed by atoms with E-state index < -0.39 is 11.6 Å². The van der Waals surface area contributed by atoms with Crippen LogP contribution in [-0.4, -0.2) is 31.9 Å². The average molecular weight is 425 g/mol. The van der Waals surface area contributed by atoms with Gasteiger partial charge in [-0.15, -0.1) is 0 Å². The highest BCUT2D eigenvalue weighted by molar-refractivity contribution is 7.80. The van der Waals surface area contributed by atoms with E-state index in [0.717, 1.165) is 22.5 Å². The normalized spacial score (nSPS) is 11.3. The Hall–Kier alpha value is -3.26. The number of hydrogen-bond acceptors (Lipinski definition) is 5. The maximum Gasteiger partial charge on any atom is 0.306 e. The number of aromatic nitrogens is 2. The number of nitrogens with zero attached hydrogens (tertiary/aromatic N) is 2. The Kier molecular flexibility index (Phi) is 6.17. The first kappa shape index (κ1) is 21.4. The van der Waals surface area contributed by atoms with E-state index in [4.69, 9.17) is 22.7 Å². The third-order valence-electron chi connectivity index (χ3n) is 4.18. The van der Waals surface area contributed by atoms with Gasteiger partial charge in [0.2, 0.25) is 5.91 Å². The van der Waals surface area contributed by atoms with Crippen LogP contribution in [0.25, 0.3) is 16.9 Å². The maximum atomic E-state index is 12.2. The smallest absolute Gasteiger partial charge is 0.306 e. The number of fused-ring (bicyclic) bond motifs is 1. The van der Waals surface area contributed by atoms with Crippen molar-refractivity contribution in [1.82, 2.24) is 9.38 Å². The molecule has 1 amide bonds. The summed E-state index contributed by atoms with van der Waals surface area (Å²) in [6.45, 7) is 5.38. The third kappa shape index (κ3) is 5.64. The van der Waals surface area contributed by atoms with Crippen molar-refractivity contribution in [1.29, 1.82) is 0 Å². The van der Waals surface area contributed by atoms with Crippen LogP contribution in [0.2, 0.25) is 0 Å². The number of rotatable bonds is 6. The quantitative estimate of drug-likeness (QED) is 0.462. The van der Waals surface area contributed by atoms with Crippen LogP contribution in [-0.2, 0) is 14.3 Å². The highest BCUT2D eigenvalue weighted by atomic mass is 32.1. The van der Waals surface area contributed by atoms with Gasteiger partial charge in [-0.2, -0.15) is 0 Å². The molecule has 7 nitrogen and oxygen atoms in total. The lowest BCUT2D eigenvalue weighted by atomic mass is 10.1. The average Bonchev–Trinajstić information content (AvgIpc) is 3.08. The zero-order valence-electron chi connectivity index (χ0n) is 17.1. The van der Waals surface area contributed by atoms with E-state index in [1.54, 1.807) is 33.0 Å². The summed E-state index contributed by atoms with van der Waals surface area (Å²) in [5, 5.41) is 2.80. The fraction of sp³-hybridized carbons (Fsp3) is 0.273. The molecule has 156 valence electrons. The van der Waals surface area contributed by atoms with Crippen LogP contribution in [0.1, 0.15) is 39.2 Å². The van der Waals surface area contributed by atoms with Crippen LogP contribution in [0.3, 0.4) is 0 Å². The highest BCUT2D eigenvalue weighted by Crippen LogP contribution is 2.21. The monoisotopic (exact) mass is 424 g/mol. The zero-order valence-corrected chi connectivity index (χ0v) is 18.0. The summed E-state index contributed by atoms with van der Waals surface area (Å²) in [7, 11) is 0. The van der Waals surface area contributed by atoms with Crippen molar-refractivity contribution in [2.24, 2.45) is 5.73 Å². The molecule has 8 heteroatoms. The predicted octanol–water partition coefficient (Wildman–Crippen LogP) is 3.70. The molecule has 0 aliphatic carbocycles. The Labute approximate surface area is 180 Å². The molecule has 0 saturated heterocycles. The van der Waals surface area contributed by atoms with Gasteiger partial charge in [0.25, 0.3) is 0 Å². The Balaban J connectivity index is 1.66. The number of anilines is 1. The van der Waals surface area contributed by atoms with Crippen molar-refractivity contribution in [2.75, 3.05) is 5.32 Å². The largest absolute Gasteiger partial charge is 0.460 e. The van der Waals surface area contributed by atoms with Gasteiger partial charge in [0.15, 0.2) is 0 Å². The van der Waals surface area contributed by atoms with Crippen molar-refractivity contribution in [2.45, 2.75) is 39.2 Å². The number of carbonyl (C=O) groups excluding carboxylic acids is 2. The molecule has 0 aliphatic rings. The molecule has 0 spiro atoms. The molecule has 3 N–H and O–H groups in total. The van der Waals surface area contributed by atoms with Gasteiger partial charge >= 0.3 is 5.97 Å². The number of nitrogens with one attached hydrogen (secondary N) is 1. The number of thiocarbonyl (C=S) groups is 1. The van der Waals surface area contributed by atoms with Gasteiger partial charge in [-0.1, -0.05) is 36.5 Å². The summed E-state index contributed by atoms with van der Waals surface area (Å²) in [6, 6.07) is 11.1. The number of pyridine rings is 1. The summed E-state index contributed by atoms with van der Waals surface area (Å²) in [4.78, 5) is 28.9. The summed E-state index contributed by atoms with van der Waals surface area (Å²) in [6.07, 6.45) is 3.74. The van der Waals surface area contributed by atoms with E-state index in [1.165, 1.54) is 0 Å². The molecular weight excluding hydrogens is 400 g/mol. The maximum absolute atomic E-state index is 12.2. The van der Waals surface area contributed by atoms with Crippen LogP contribution in [0.15, 0.2) is 48.8 Å². The molecular formula is C22H24N4O3S. The summed E-state index contributed by atoms with van der Waals surface area (Å²) < 4.78 is 7.05. The van der Waals surface area contributed by atoms with Crippen molar-refractivity contribution in [3.63, 3.8) is 0 Å². The predicted molar refractivity (Wildman–Crippen MR) is 120 cm³/mol. The Morgan fingerprint density at radius 1 is 1.10 bits per heavy atom. The van der Waals surface area contributed by atoms with E-state index in [1.807, 2.05) is 40.9 Å². The van der Waals surface area contributed by atoms with Gasteiger partial charge in [0, 0.05) is 29.9 Å². The van der Waals surface area contributed by atoms with Crippen LogP contribution >= 0.6 is 12.2 Å². The van der Waals surface area contributed by atoms with E-state index in [-0.39, 0.29) is 18.7 Å². The van der Waals surface area contributed by atoms with Crippen LogP contribution in [0.4, 0.5) is 5.69 Å². The summed E-state index contributed by atoms with van der Waals surface area (Å²) in [5.74, 6) is -0.650. The van der Waals surface area contributed by atoms with Gasteiger partial charge in [-0.3, -0.25) is 9.59 Å². The molecule has 0 aliphatic heterocycles. The minimum atomic E-state index is -0.561. The zero-order chi connectivity index (χ0) is 21.9. The molecule has 30 heavy (non-hydrogen) atoms. The minimum Gasteiger partial charge on any atom is -0.460 e. The number of amides is 1. The van der Waals surface area contributed by atoms with E-state index >= 15 is 0 Å². The van der Waals surface area contributed by atoms with Crippen molar-refractivity contribution < 1.29 is 14.3 Å². The topological polar surface area (TPSA) is 98.7 Å². The summed E-state index contributed by atoms with van der Waals surface area (Å²) in [5.41, 5.74) is 8.96. The van der Waals surface area contributed by atoms with Crippen molar-refractivity contribution in [3.05, 3.63) is 54.4 Å². The molecule has 0 radical (unpaired) electrons. The standard InChI is InChI=1S/C22H24N4O3S/c1-22(2,3)29-20(28)11-10-19(27)24-16-8-9-18-25-17(13-26(18)12-16)14-4-6-15(7-5-14)21(23)30/h4-9,12-13H,10-11H2,1-3H3,(H2,23,30)(H,24,27). The molecule has 0 atom stereocenters. The number of imidazole rings is 1. The van der Waals surface area contributed by atoms with Crippen molar-refractivity contribution >= 4 is 40.4 Å². The number of esters is 1. The van der Waals surface area contributed by atoms with Crippen LogP contribution in [0.5, 0.6) is 0 Å². The number of benzene rings is 1. The van der Waals surface area contributed by atoms with Crippen LogP contribution < -0.4 is 11.1 Å². The fourth-order valence-electron chi connectivity index (χ4n) is 2.84. The molecule has 3 rings (SSSR count). The molecule has 0 fully saturated rings. The number of ether oxygens (including phenoxy) is 1. The number of carbonyl (C=O) groups is 2. The van der Waals surface area contributed by atoms with E-state index in [0.29, 0.717) is 10.7 Å². The van der Waals surface area contributed by atoms with Gasteiger partial charge in [0.1, 0.15) is 16.2 Å². The molecule has 0 bridgehead atoms. The van der Waals surface area contributed by atoms with Gasteiger partial charge in [-0.05, 0) is 32.9 Å². The fourth-order valence-corrected chi connectivity index (χ4v) is 2.98. The van der Waals surface area contributed by atoms with E-state index in [2.05, 4.69) is 10.3 Å². The lowest BCUT2D eigenvalue weighted by Crippen LogP contribution is -2.24. The Morgan fingerprint density at radius 3 is 2.43 bits per heavy atom. The lowest BCUT2D eigenvalue weighted by molar-refractivity contribution is -0.155. The first-order valence-electron chi connectivity index (χ1n) is 9.51. The molecule has 2 heterocycles. The number of hydrogen-bond donors (Lipinski definition) is 2. The molecule has 3 aromatic rings. The molecule has 2 aromatic heterocycles. The van der Waals surface area contributed by atoms with Gasteiger partial charge < -0.3 is 20.2 Å². The Bertz CT molecular complexity index is 1100. The minimum absolute atomic E-state index is 0.0306. The summed E-state index contributed by atoms with van der Waals surface area (Å²) >= 11 is 4.98. The highest BCUT2D eigenvalue weighted by Gasteiger charge is 2.17. The first-order chi connectivity index (χ1) is 14.1. The molecule has 0 saturated carbocycles.